The summed E-state index contributed by atoms with van der Waals surface area (Å²) in [6, 6.07) is 2.49. The van der Waals surface area contributed by atoms with E-state index in [-0.39, 0.29) is 6.09 Å². The minimum atomic E-state index is -0.454. The van der Waals surface area contributed by atoms with E-state index >= 15 is 0 Å². The summed E-state index contributed by atoms with van der Waals surface area (Å²) in [6.45, 7) is 0.696. The molecule has 1 aliphatic heterocycles. The molecule has 1 saturated carbocycles. The first-order chi connectivity index (χ1) is 9.18. The van der Waals surface area contributed by atoms with E-state index in [0.717, 1.165) is 47.8 Å². The number of amides is 1. The van der Waals surface area contributed by atoms with Crippen LogP contribution in [-0.2, 0) is 16.8 Å². The Balaban J connectivity index is 1.76. The third-order valence-electron chi connectivity index (χ3n) is 4.35. The highest BCUT2D eigenvalue weighted by molar-refractivity contribution is 9.10. The lowest BCUT2D eigenvalue weighted by Crippen LogP contribution is -2.36. The third kappa shape index (κ3) is 1.78. The fourth-order valence-electron chi connectivity index (χ4n) is 3.27. The molecule has 3 aliphatic rings. The van der Waals surface area contributed by atoms with E-state index in [4.69, 9.17) is 4.74 Å². The molecule has 1 unspecified atom stereocenters. The second kappa shape index (κ2) is 3.95. The fraction of sp³-hybridized carbons (Fsp3) is 0.571. The van der Waals surface area contributed by atoms with Crippen LogP contribution >= 0.6 is 15.9 Å². The maximum absolute atomic E-state index is 12.1. The molecule has 0 radical (unpaired) electrons. The summed E-state index contributed by atoms with van der Waals surface area (Å²) in [6.07, 6.45) is 6.85. The topological polar surface area (TPSA) is 42.4 Å². The van der Waals surface area contributed by atoms with Crippen LogP contribution in [-0.4, -0.2) is 28.6 Å². The van der Waals surface area contributed by atoms with E-state index in [9.17, 15) is 4.79 Å². The van der Waals surface area contributed by atoms with Crippen molar-refractivity contribution in [3.05, 3.63) is 28.0 Å². The van der Waals surface area contributed by atoms with Crippen LogP contribution in [0, 0.1) is 0 Å². The number of hydrogen-bond acceptors (Lipinski definition) is 3. The number of carbonyl (C=O) groups is 1. The summed E-state index contributed by atoms with van der Waals surface area (Å²) in [5, 5.41) is 0. The number of nitrogens with zero attached hydrogens (tertiary/aromatic N) is 2. The first kappa shape index (κ1) is 11.7. The standard InChI is InChI=1S/C14H15BrN2O2/c15-9-6-11-12(16-7-9)2-1-5-14(11)8-17(10-3-4-10)13(18)19-14/h6-7,10H,1-5,8H2. The molecule has 4 nitrogen and oxygen atoms in total. The van der Waals surface area contributed by atoms with Crippen molar-refractivity contribution >= 4 is 22.0 Å². The second-order valence-electron chi connectivity index (χ2n) is 5.72. The molecule has 1 spiro atoms. The van der Waals surface area contributed by atoms with Gasteiger partial charge in [-0.15, -0.1) is 0 Å². The van der Waals surface area contributed by atoms with Gasteiger partial charge in [0.25, 0.3) is 0 Å². The Morgan fingerprint density at radius 3 is 3.11 bits per heavy atom. The van der Waals surface area contributed by atoms with E-state index in [1.54, 1.807) is 0 Å². The molecule has 19 heavy (non-hydrogen) atoms. The van der Waals surface area contributed by atoms with Crippen LogP contribution in [0.25, 0.3) is 0 Å². The smallest absolute Gasteiger partial charge is 0.411 e. The third-order valence-corrected chi connectivity index (χ3v) is 4.79. The predicted octanol–water partition coefficient (Wildman–Crippen LogP) is 2.99. The van der Waals surface area contributed by atoms with Crippen LogP contribution < -0.4 is 0 Å². The van der Waals surface area contributed by atoms with Gasteiger partial charge in [0.05, 0.1) is 6.54 Å². The number of aryl methyl sites for hydroxylation is 1. The molecule has 1 aromatic rings. The van der Waals surface area contributed by atoms with Gasteiger partial charge >= 0.3 is 6.09 Å². The zero-order valence-electron chi connectivity index (χ0n) is 10.6. The van der Waals surface area contributed by atoms with Crippen LogP contribution in [0.2, 0.25) is 0 Å². The van der Waals surface area contributed by atoms with E-state index in [2.05, 4.69) is 27.0 Å². The molecule has 1 atom stereocenters. The van der Waals surface area contributed by atoms with Gasteiger partial charge in [0, 0.05) is 28.0 Å². The van der Waals surface area contributed by atoms with Gasteiger partial charge in [0.15, 0.2) is 5.60 Å². The fourth-order valence-corrected chi connectivity index (χ4v) is 3.60. The van der Waals surface area contributed by atoms with Crippen molar-refractivity contribution in [2.45, 2.75) is 43.7 Å². The van der Waals surface area contributed by atoms with Gasteiger partial charge in [-0.3, -0.25) is 4.98 Å². The van der Waals surface area contributed by atoms with Crippen LogP contribution in [0.15, 0.2) is 16.7 Å². The van der Waals surface area contributed by atoms with Crippen molar-refractivity contribution in [3.63, 3.8) is 0 Å². The Hall–Kier alpha value is -1.10. The van der Waals surface area contributed by atoms with Crippen molar-refractivity contribution in [3.8, 4) is 0 Å². The zero-order valence-corrected chi connectivity index (χ0v) is 12.1. The van der Waals surface area contributed by atoms with Crippen LogP contribution in [0.4, 0.5) is 4.79 Å². The van der Waals surface area contributed by atoms with Gasteiger partial charge in [0.2, 0.25) is 0 Å². The summed E-state index contributed by atoms with van der Waals surface area (Å²) < 4.78 is 6.76. The predicted molar refractivity (Wildman–Crippen MR) is 72.8 cm³/mol. The number of fused-ring (bicyclic) bond motifs is 2. The highest BCUT2D eigenvalue weighted by Crippen LogP contribution is 2.45. The van der Waals surface area contributed by atoms with Crippen LogP contribution in [0.5, 0.6) is 0 Å². The van der Waals surface area contributed by atoms with Crippen molar-refractivity contribution in [1.82, 2.24) is 9.88 Å². The molecular formula is C14H15BrN2O2. The number of aromatic nitrogens is 1. The molecule has 2 aliphatic carbocycles. The van der Waals surface area contributed by atoms with Crippen LogP contribution in [0.1, 0.15) is 36.9 Å². The van der Waals surface area contributed by atoms with Crippen molar-refractivity contribution < 1.29 is 9.53 Å². The molecule has 1 amide bonds. The molecule has 2 heterocycles. The average Bonchev–Trinajstić information content (AvgIpc) is 3.17. The Morgan fingerprint density at radius 1 is 1.47 bits per heavy atom. The largest absolute Gasteiger partial charge is 0.436 e. The summed E-state index contributed by atoms with van der Waals surface area (Å²) in [4.78, 5) is 18.5. The average molecular weight is 323 g/mol. The number of carbonyl (C=O) groups excluding carboxylic acids is 1. The quantitative estimate of drug-likeness (QED) is 0.798. The lowest BCUT2D eigenvalue weighted by atomic mass is 9.81. The maximum Gasteiger partial charge on any atom is 0.411 e. The zero-order chi connectivity index (χ0) is 13.0. The monoisotopic (exact) mass is 322 g/mol. The van der Waals surface area contributed by atoms with Crippen LogP contribution in [0.3, 0.4) is 0 Å². The van der Waals surface area contributed by atoms with Gasteiger partial charge < -0.3 is 9.64 Å². The highest BCUT2D eigenvalue weighted by Gasteiger charge is 2.52. The lowest BCUT2D eigenvalue weighted by Gasteiger charge is -2.32. The van der Waals surface area contributed by atoms with Gasteiger partial charge in [-0.25, -0.2) is 4.79 Å². The summed E-state index contributed by atoms with van der Waals surface area (Å²) in [5.41, 5.74) is 1.73. The van der Waals surface area contributed by atoms with Gasteiger partial charge in [-0.1, -0.05) is 0 Å². The first-order valence-corrected chi connectivity index (χ1v) is 7.62. The number of pyridine rings is 1. The van der Waals surface area contributed by atoms with E-state index in [1.165, 1.54) is 0 Å². The lowest BCUT2D eigenvalue weighted by molar-refractivity contribution is 0.0389. The molecule has 100 valence electrons. The van der Waals surface area contributed by atoms with E-state index in [1.807, 2.05) is 11.1 Å². The molecule has 1 aromatic heterocycles. The minimum Gasteiger partial charge on any atom is -0.436 e. The van der Waals surface area contributed by atoms with Gasteiger partial charge in [-0.05, 0) is 54.1 Å². The second-order valence-corrected chi connectivity index (χ2v) is 6.64. The number of halogens is 1. The minimum absolute atomic E-state index is 0.143. The number of ether oxygens (including phenoxy) is 1. The molecule has 5 heteroatoms. The number of hydrogen-bond donors (Lipinski definition) is 0. The Kier molecular flexibility index (Phi) is 2.43. The molecule has 0 bridgehead atoms. The normalized spacial score (nSPS) is 29.5. The Bertz CT molecular complexity index is 558. The summed E-state index contributed by atoms with van der Waals surface area (Å²) in [7, 11) is 0. The maximum atomic E-state index is 12.1. The number of rotatable bonds is 1. The van der Waals surface area contributed by atoms with Crippen molar-refractivity contribution in [2.75, 3.05) is 6.54 Å². The molecule has 2 fully saturated rings. The summed E-state index contributed by atoms with van der Waals surface area (Å²) in [5.74, 6) is 0. The Morgan fingerprint density at radius 2 is 2.32 bits per heavy atom. The molecular weight excluding hydrogens is 308 g/mol. The first-order valence-electron chi connectivity index (χ1n) is 6.82. The van der Waals surface area contributed by atoms with Crippen molar-refractivity contribution in [2.24, 2.45) is 0 Å². The molecule has 0 N–H and O–H groups in total. The molecule has 1 saturated heterocycles. The SMILES string of the molecule is O=C1OC2(CCCc3ncc(Br)cc32)CN1C1CC1. The van der Waals surface area contributed by atoms with Crippen molar-refractivity contribution in [1.29, 1.82) is 0 Å². The van der Waals surface area contributed by atoms with E-state index < -0.39 is 5.60 Å². The molecule has 0 aromatic carbocycles. The van der Waals surface area contributed by atoms with Gasteiger partial charge in [0.1, 0.15) is 0 Å². The van der Waals surface area contributed by atoms with E-state index in [0.29, 0.717) is 12.6 Å². The summed E-state index contributed by atoms with van der Waals surface area (Å²) >= 11 is 3.48. The highest BCUT2D eigenvalue weighted by atomic mass is 79.9. The van der Waals surface area contributed by atoms with Gasteiger partial charge in [-0.2, -0.15) is 0 Å². The molecule has 4 rings (SSSR count). The Labute approximate surface area is 120 Å².